The summed E-state index contributed by atoms with van der Waals surface area (Å²) in [6, 6.07) is 21.3. The van der Waals surface area contributed by atoms with Gasteiger partial charge in [-0.3, -0.25) is 14.5 Å². The number of ketones is 1. The van der Waals surface area contributed by atoms with E-state index in [0.717, 1.165) is 31.5 Å². The molecule has 1 amide bonds. The van der Waals surface area contributed by atoms with Crippen LogP contribution in [-0.2, 0) is 20.9 Å². The number of hydrogen-bond acceptors (Lipinski definition) is 8. The Hall–Kier alpha value is -4.34. The lowest BCUT2D eigenvalue weighted by Gasteiger charge is -2.31. The Morgan fingerprint density at radius 3 is 2.48 bits per heavy atom. The first-order valence-electron chi connectivity index (χ1n) is 15.2. The van der Waals surface area contributed by atoms with Crippen LogP contribution in [-0.4, -0.2) is 79.7 Å². The number of unbranched alkanes of at least 4 members (excludes halogenated alkanes) is 1. The fourth-order valence-electron chi connectivity index (χ4n) is 5.46. The lowest BCUT2D eigenvalue weighted by atomic mass is 9.95. The molecular formula is C35H40N2O7. The number of amides is 1. The number of benzene rings is 3. The summed E-state index contributed by atoms with van der Waals surface area (Å²) in [5, 5.41) is 11.6. The number of carbonyl (C=O) groups excluding carboxylic acids is 2. The summed E-state index contributed by atoms with van der Waals surface area (Å²) in [6.45, 7) is 6.61. The average molecular weight is 601 g/mol. The second kappa shape index (κ2) is 14.9. The molecule has 9 heteroatoms. The molecule has 2 saturated heterocycles. The Bertz CT molecular complexity index is 1470. The van der Waals surface area contributed by atoms with Crippen molar-refractivity contribution in [2.45, 2.75) is 32.4 Å². The molecule has 0 saturated carbocycles. The minimum absolute atomic E-state index is 0.0303. The minimum atomic E-state index is -0.822. The summed E-state index contributed by atoms with van der Waals surface area (Å²) < 4.78 is 23.1. The first-order chi connectivity index (χ1) is 21.5. The van der Waals surface area contributed by atoms with Gasteiger partial charge >= 0.3 is 0 Å². The summed E-state index contributed by atoms with van der Waals surface area (Å²) in [4.78, 5) is 30.9. The highest BCUT2D eigenvalue weighted by molar-refractivity contribution is 6.46. The van der Waals surface area contributed by atoms with Crippen molar-refractivity contribution in [3.05, 3.63) is 95.1 Å². The van der Waals surface area contributed by atoms with Crippen molar-refractivity contribution >= 4 is 17.4 Å². The molecule has 2 aliphatic rings. The SMILES string of the molecule is CCCCOc1cccc(/C(O)=C2\C(=O)C(=O)N(CCN3CCOCC3)C2c2ccc(OCc3ccccc3)c(OC)c2)c1. The summed E-state index contributed by atoms with van der Waals surface area (Å²) in [5.41, 5.74) is 2.08. The van der Waals surface area contributed by atoms with E-state index < -0.39 is 17.7 Å². The number of morpholine rings is 1. The van der Waals surface area contributed by atoms with Crippen LogP contribution in [0, 0.1) is 0 Å². The number of likely N-dealkylation sites (tertiary alicyclic amines) is 1. The van der Waals surface area contributed by atoms with E-state index >= 15 is 0 Å². The Kier molecular flexibility index (Phi) is 10.5. The highest BCUT2D eigenvalue weighted by Gasteiger charge is 2.46. The molecule has 2 heterocycles. The molecule has 0 radical (unpaired) electrons. The van der Waals surface area contributed by atoms with E-state index in [0.29, 0.717) is 67.9 Å². The van der Waals surface area contributed by atoms with Crippen molar-refractivity contribution in [2.75, 3.05) is 53.1 Å². The van der Waals surface area contributed by atoms with Gasteiger partial charge in [-0.05, 0) is 41.8 Å². The highest BCUT2D eigenvalue weighted by Crippen LogP contribution is 2.42. The third kappa shape index (κ3) is 7.23. The number of Topliss-reactive ketones (excluding diaryl/α,β-unsaturated/α-hetero) is 1. The molecule has 232 valence electrons. The smallest absolute Gasteiger partial charge is 0.295 e. The molecule has 5 rings (SSSR count). The number of aliphatic hydroxyl groups is 1. The van der Waals surface area contributed by atoms with Crippen LogP contribution in [0.5, 0.6) is 17.2 Å². The van der Waals surface area contributed by atoms with Crippen LogP contribution in [0.15, 0.2) is 78.4 Å². The molecule has 1 atom stereocenters. The van der Waals surface area contributed by atoms with Crippen molar-refractivity contribution in [1.82, 2.24) is 9.80 Å². The maximum atomic E-state index is 13.6. The van der Waals surface area contributed by atoms with Gasteiger partial charge in [0.15, 0.2) is 11.5 Å². The Balaban J connectivity index is 1.50. The van der Waals surface area contributed by atoms with Crippen LogP contribution in [0.2, 0.25) is 0 Å². The lowest BCUT2D eigenvalue weighted by molar-refractivity contribution is -0.140. The standard InChI is InChI=1S/C35H40N2O7/c1-3-4-19-43-28-12-8-11-27(22-28)33(38)31-32(37(35(40)34(31)39)16-15-36-17-20-42-21-18-36)26-13-14-29(30(23-26)41-2)44-24-25-9-6-5-7-10-25/h5-14,22-23,32,38H,3-4,15-21,24H2,1-2H3/b33-31+. The van der Waals surface area contributed by atoms with E-state index in [2.05, 4.69) is 11.8 Å². The van der Waals surface area contributed by atoms with Crippen molar-refractivity contribution < 1.29 is 33.6 Å². The Morgan fingerprint density at radius 1 is 0.932 bits per heavy atom. The largest absolute Gasteiger partial charge is 0.507 e. The molecule has 3 aromatic carbocycles. The summed E-state index contributed by atoms with van der Waals surface area (Å²) >= 11 is 0. The first-order valence-corrected chi connectivity index (χ1v) is 15.2. The van der Waals surface area contributed by atoms with Gasteiger partial charge in [-0.1, -0.05) is 61.9 Å². The molecule has 0 spiro atoms. The first kappa shape index (κ1) is 31.1. The number of carbonyl (C=O) groups is 2. The van der Waals surface area contributed by atoms with Crippen molar-refractivity contribution in [2.24, 2.45) is 0 Å². The van der Waals surface area contributed by atoms with Crippen molar-refractivity contribution in [1.29, 1.82) is 0 Å². The zero-order chi connectivity index (χ0) is 30.9. The van der Waals surface area contributed by atoms with Crippen molar-refractivity contribution in [3.8, 4) is 17.2 Å². The van der Waals surface area contributed by atoms with Crippen LogP contribution in [0.4, 0.5) is 0 Å². The van der Waals surface area contributed by atoms with Gasteiger partial charge in [0.05, 0.1) is 38.5 Å². The van der Waals surface area contributed by atoms with E-state index in [1.165, 1.54) is 0 Å². The van der Waals surface area contributed by atoms with Crippen LogP contribution < -0.4 is 14.2 Å². The number of methoxy groups -OCH3 is 1. The topological polar surface area (TPSA) is 97.8 Å². The average Bonchev–Trinajstić information content (AvgIpc) is 3.32. The molecule has 2 fully saturated rings. The quantitative estimate of drug-likeness (QED) is 0.124. The Morgan fingerprint density at radius 2 is 1.73 bits per heavy atom. The normalized spacial score (nSPS) is 18.4. The van der Waals surface area contributed by atoms with Crippen LogP contribution in [0.1, 0.15) is 42.5 Å². The van der Waals surface area contributed by atoms with Crippen molar-refractivity contribution in [3.63, 3.8) is 0 Å². The summed E-state index contributed by atoms with van der Waals surface area (Å²) in [5.74, 6) is -0.0433. The number of aliphatic hydroxyl groups excluding tert-OH is 1. The molecule has 1 N–H and O–H groups in total. The van der Waals surface area contributed by atoms with Gasteiger partial charge < -0.3 is 29.0 Å². The fraction of sp³-hybridized carbons (Fsp3) is 0.371. The molecule has 1 unspecified atom stereocenters. The van der Waals surface area contributed by atoms with Gasteiger partial charge in [-0.15, -0.1) is 0 Å². The molecule has 0 bridgehead atoms. The number of hydrogen-bond donors (Lipinski definition) is 1. The summed E-state index contributed by atoms with van der Waals surface area (Å²) in [6.07, 6.45) is 1.89. The molecule has 9 nitrogen and oxygen atoms in total. The maximum Gasteiger partial charge on any atom is 0.295 e. The van der Waals surface area contributed by atoms with Gasteiger partial charge in [-0.25, -0.2) is 0 Å². The van der Waals surface area contributed by atoms with E-state index in [1.54, 1.807) is 42.3 Å². The molecule has 0 aromatic heterocycles. The van der Waals surface area contributed by atoms with Gasteiger partial charge in [0.1, 0.15) is 18.1 Å². The predicted molar refractivity (Wildman–Crippen MR) is 167 cm³/mol. The van der Waals surface area contributed by atoms with Gasteiger partial charge in [-0.2, -0.15) is 0 Å². The predicted octanol–water partition coefficient (Wildman–Crippen LogP) is 5.21. The third-order valence-corrected chi connectivity index (χ3v) is 7.92. The van der Waals surface area contributed by atoms with E-state index in [1.807, 2.05) is 42.5 Å². The van der Waals surface area contributed by atoms with Gasteiger partial charge in [0, 0.05) is 31.7 Å². The Labute approximate surface area is 258 Å². The number of rotatable bonds is 13. The molecular weight excluding hydrogens is 560 g/mol. The minimum Gasteiger partial charge on any atom is -0.507 e. The molecule has 0 aliphatic carbocycles. The van der Waals surface area contributed by atoms with E-state index in [4.69, 9.17) is 18.9 Å². The summed E-state index contributed by atoms with van der Waals surface area (Å²) in [7, 11) is 1.55. The second-order valence-electron chi connectivity index (χ2n) is 10.9. The van der Waals surface area contributed by atoms with Gasteiger partial charge in [0.25, 0.3) is 11.7 Å². The second-order valence-corrected chi connectivity index (χ2v) is 10.9. The third-order valence-electron chi connectivity index (χ3n) is 7.92. The number of nitrogens with zero attached hydrogens (tertiary/aromatic N) is 2. The van der Waals surface area contributed by atoms with E-state index in [9.17, 15) is 14.7 Å². The zero-order valence-corrected chi connectivity index (χ0v) is 25.4. The lowest BCUT2D eigenvalue weighted by Crippen LogP contribution is -2.42. The van der Waals surface area contributed by atoms with Gasteiger partial charge in [0.2, 0.25) is 0 Å². The number of ether oxygens (including phenoxy) is 4. The highest BCUT2D eigenvalue weighted by atomic mass is 16.5. The molecule has 44 heavy (non-hydrogen) atoms. The zero-order valence-electron chi connectivity index (χ0n) is 25.4. The molecule has 2 aliphatic heterocycles. The fourth-order valence-corrected chi connectivity index (χ4v) is 5.46. The van der Waals surface area contributed by atoms with E-state index in [-0.39, 0.29) is 11.3 Å². The molecule has 3 aromatic rings. The monoisotopic (exact) mass is 600 g/mol. The van der Waals surface area contributed by atoms with Crippen LogP contribution >= 0.6 is 0 Å². The van der Waals surface area contributed by atoms with Crippen LogP contribution in [0.25, 0.3) is 5.76 Å². The van der Waals surface area contributed by atoms with Crippen LogP contribution in [0.3, 0.4) is 0 Å². The maximum absolute atomic E-state index is 13.6.